The highest BCUT2D eigenvalue weighted by Gasteiger charge is 2.47. The molecule has 2 unspecified atom stereocenters. The van der Waals surface area contributed by atoms with Gasteiger partial charge in [0, 0.05) is 60.1 Å². The molecule has 3 aliphatic rings. The Kier molecular flexibility index (Phi) is 6.54. The number of hydrogen-bond acceptors (Lipinski definition) is 7. The smallest absolute Gasteiger partial charge is 0.354 e. The van der Waals surface area contributed by atoms with Crippen LogP contribution in [0.5, 0.6) is 11.5 Å². The SMILES string of the molecule is COc1cc(C(=O)N2CC3CCC2[C@@H]3N)cc2nc(-c3cc4ccc(-c5ccc6nc(C(=O)O)cc(O)c6c5)cc4n3CC3CC3)n(C)c12. The van der Waals surface area contributed by atoms with Crippen molar-refractivity contribution in [3.05, 3.63) is 71.9 Å². The van der Waals surface area contributed by atoms with E-state index in [4.69, 9.17) is 15.5 Å². The van der Waals surface area contributed by atoms with Crippen LogP contribution in [0.3, 0.4) is 0 Å². The maximum Gasteiger partial charge on any atom is 0.354 e. The Bertz CT molecular complexity index is 2370. The number of ether oxygens (including phenoxy) is 1. The quantitative estimate of drug-likeness (QED) is 0.195. The van der Waals surface area contributed by atoms with E-state index in [9.17, 15) is 19.8 Å². The molecule has 1 aliphatic heterocycles. The van der Waals surface area contributed by atoms with Crippen molar-refractivity contribution in [2.24, 2.45) is 24.6 Å². The first-order valence-electron chi connectivity index (χ1n) is 16.8. The van der Waals surface area contributed by atoms with E-state index in [1.165, 1.54) is 18.9 Å². The average Bonchev–Trinajstić information content (AvgIpc) is 3.51. The number of carbonyl (C=O) groups excluding carboxylic acids is 1. The summed E-state index contributed by atoms with van der Waals surface area (Å²) in [4.78, 5) is 36.5. The van der Waals surface area contributed by atoms with E-state index >= 15 is 0 Å². The van der Waals surface area contributed by atoms with Crippen molar-refractivity contribution in [1.29, 1.82) is 0 Å². The number of rotatable bonds is 7. The zero-order valence-electron chi connectivity index (χ0n) is 27.3. The van der Waals surface area contributed by atoms with Gasteiger partial charge in [-0.15, -0.1) is 0 Å². The van der Waals surface area contributed by atoms with Crippen LogP contribution < -0.4 is 10.5 Å². The molecule has 3 aromatic carbocycles. The topological polar surface area (TPSA) is 149 Å². The first-order valence-corrected chi connectivity index (χ1v) is 16.8. The zero-order chi connectivity index (χ0) is 33.7. The maximum absolute atomic E-state index is 13.8. The number of methoxy groups -OCH3 is 1. The number of pyridine rings is 1. The summed E-state index contributed by atoms with van der Waals surface area (Å²) in [5, 5.41) is 21.6. The van der Waals surface area contributed by atoms with Crippen LogP contribution in [0.1, 0.15) is 46.5 Å². The summed E-state index contributed by atoms with van der Waals surface area (Å²) in [6.07, 6.45) is 4.39. The van der Waals surface area contributed by atoms with Crippen LogP contribution in [0.15, 0.2) is 60.7 Å². The Morgan fingerprint density at radius 1 is 0.959 bits per heavy atom. The molecule has 0 radical (unpaired) electrons. The average molecular weight is 657 g/mol. The Morgan fingerprint density at radius 2 is 1.76 bits per heavy atom. The first-order chi connectivity index (χ1) is 23.7. The van der Waals surface area contributed by atoms with Gasteiger partial charge in [-0.25, -0.2) is 14.8 Å². The summed E-state index contributed by atoms with van der Waals surface area (Å²) < 4.78 is 10.3. The highest BCUT2D eigenvalue weighted by molar-refractivity contribution is 6.01. The minimum absolute atomic E-state index is 0.0226. The Hall–Kier alpha value is -5.42. The lowest BCUT2D eigenvalue weighted by Crippen LogP contribution is -2.41. The third kappa shape index (κ3) is 4.67. The lowest BCUT2D eigenvalue weighted by atomic mass is 10.0. The number of imidazole rings is 1. The van der Waals surface area contributed by atoms with Crippen LogP contribution in [-0.2, 0) is 13.6 Å². The number of carbonyl (C=O) groups is 2. The molecule has 2 bridgehead atoms. The van der Waals surface area contributed by atoms with Crippen LogP contribution in [0.25, 0.3) is 55.5 Å². The molecule has 2 aliphatic carbocycles. The Labute approximate surface area is 281 Å². The molecule has 4 heterocycles. The minimum atomic E-state index is -1.19. The Balaban J connectivity index is 1.14. The van der Waals surface area contributed by atoms with E-state index in [1.807, 2.05) is 36.2 Å². The van der Waals surface area contributed by atoms with Gasteiger partial charge in [0.15, 0.2) is 11.5 Å². The highest BCUT2D eigenvalue weighted by Crippen LogP contribution is 2.41. The maximum atomic E-state index is 13.8. The molecule has 248 valence electrons. The van der Waals surface area contributed by atoms with E-state index in [-0.39, 0.29) is 29.4 Å². The fourth-order valence-electron chi connectivity index (χ4n) is 8.14. The largest absolute Gasteiger partial charge is 0.507 e. The first kappa shape index (κ1) is 29.7. The molecule has 3 aromatic heterocycles. The Morgan fingerprint density at radius 3 is 2.47 bits per heavy atom. The van der Waals surface area contributed by atoms with Gasteiger partial charge in [0.2, 0.25) is 0 Å². The van der Waals surface area contributed by atoms with Gasteiger partial charge in [-0.05, 0) is 85.0 Å². The van der Waals surface area contributed by atoms with Crippen LogP contribution >= 0.6 is 0 Å². The number of benzene rings is 3. The molecule has 11 nitrogen and oxygen atoms in total. The number of hydrogen-bond donors (Lipinski definition) is 3. The molecule has 4 N–H and O–H groups in total. The molecule has 9 rings (SSSR count). The van der Waals surface area contributed by atoms with Crippen molar-refractivity contribution in [3.63, 3.8) is 0 Å². The van der Waals surface area contributed by atoms with Gasteiger partial charge in [-0.1, -0.05) is 18.2 Å². The second-order valence-electron chi connectivity index (χ2n) is 13.9. The number of carboxylic acids is 1. The van der Waals surface area contributed by atoms with E-state index in [0.717, 1.165) is 58.5 Å². The van der Waals surface area contributed by atoms with Crippen LogP contribution in [0.2, 0.25) is 0 Å². The molecule has 0 spiro atoms. The molecule has 3 atom stereocenters. The lowest BCUT2D eigenvalue weighted by Gasteiger charge is -2.27. The molecule has 11 heteroatoms. The van der Waals surface area contributed by atoms with Crippen molar-refractivity contribution in [1.82, 2.24) is 24.0 Å². The van der Waals surface area contributed by atoms with Crippen molar-refractivity contribution in [3.8, 4) is 34.1 Å². The van der Waals surface area contributed by atoms with E-state index in [2.05, 4.69) is 38.4 Å². The molecular formula is C38H36N6O5. The summed E-state index contributed by atoms with van der Waals surface area (Å²) in [7, 11) is 3.62. The number of nitrogens with two attached hydrogens (primary N) is 1. The third-order valence-electron chi connectivity index (χ3n) is 10.9. The number of nitrogens with zero attached hydrogens (tertiary/aromatic N) is 5. The molecule has 2 saturated carbocycles. The zero-order valence-corrected chi connectivity index (χ0v) is 27.3. The summed E-state index contributed by atoms with van der Waals surface area (Å²) in [5.74, 6) is 1.01. The van der Waals surface area contributed by atoms with Gasteiger partial charge in [-0.3, -0.25) is 4.79 Å². The van der Waals surface area contributed by atoms with Gasteiger partial charge >= 0.3 is 5.97 Å². The van der Waals surface area contributed by atoms with Crippen LogP contribution in [-0.4, -0.2) is 71.8 Å². The van der Waals surface area contributed by atoms with Crippen molar-refractivity contribution >= 4 is 44.7 Å². The number of piperidine rings is 1. The molecule has 1 saturated heterocycles. The van der Waals surface area contributed by atoms with Gasteiger partial charge < -0.3 is 34.7 Å². The predicted octanol–water partition coefficient (Wildman–Crippen LogP) is 5.79. The fraction of sp³-hybridized carbons (Fsp3) is 0.316. The van der Waals surface area contributed by atoms with Crippen LogP contribution in [0.4, 0.5) is 0 Å². The normalized spacial score (nSPS) is 20.2. The van der Waals surface area contributed by atoms with Crippen LogP contribution in [0, 0.1) is 11.8 Å². The minimum Gasteiger partial charge on any atom is -0.507 e. The summed E-state index contributed by atoms with van der Waals surface area (Å²) in [6, 6.07) is 19.0. The summed E-state index contributed by atoms with van der Waals surface area (Å²) in [5.41, 5.74) is 12.6. The van der Waals surface area contributed by atoms with Crippen molar-refractivity contribution in [2.75, 3.05) is 13.7 Å². The molecule has 3 fully saturated rings. The summed E-state index contributed by atoms with van der Waals surface area (Å²) in [6.45, 7) is 1.55. The summed E-state index contributed by atoms with van der Waals surface area (Å²) >= 11 is 0. The number of aromatic carboxylic acids is 1. The second kappa shape index (κ2) is 10.8. The van der Waals surface area contributed by atoms with Gasteiger partial charge in [0.1, 0.15) is 17.0 Å². The standard InChI is InChI=1S/C38H36N6O5/c1-42-35-27(12-24(15-33(35)49-2)37(46)44-18-23-8-10-29(44)34(23)39)41-36(42)31-14-22-6-5-21(13-30(22)43(31)17-19-3-4-19)20-7-9-26-25(11-20)32(45)16-28(40-26)38(47)48/h5-7,9,11-16,19,23,29,34H,3-4,8,10,17-18,39H2,1-2H3,(H,40,45)(H,47,48)/t23?,29?,34-/m1/s1. The highest BCUT2D eigenvalue weighted by atomic mass is 16.5. The second-order valence-corrected chi connectivity index (χ2v) is 13.9. The number of amides is 1. The van der Waals surface area contributed by atoms with E-state index < -0.39 is 5.97 Å². The number of carboxylic acid groups (broad SMARTS) is 1. The van der Waals surface area contributed by atoms with E-state index in [1.54, 1.807) is 13.2 Å². The van der Waals surface area contributed by atoms with E-state index in [0.29, 0.717) is 46.1 Å². The monoisotopic (exact) mass is 656 g/mol. The molecule has 1 amide bonds. The van der Waals surface area contributed by atoms with Crippen molar-refractivity contribution in [2.45, 2.75) is 44.3 Å². The van der Waals surface area contributed by atoms with Gasteiger partial charge in [0.25, 0.3) is 5.91 Å². The number of aromatic hydroxyl groups is 1. The fourth-order valence-corrected chi connectivity index (χ4v) is 8.14. The number of fused-ring (bicyclic) bond motifs is 5. The molecular weight excluding hydrogens is 620 g/mol. The third-order valence-corrected chi connectivity index (χ3v) is 10.9. The number of aryl methyl sites for hydroxylation is 1. The van der Waals surface area contributed by atoms with Gasteiger partial charge in [0.05, 0.1) is 23.8 Å². The predicted molar refractivity (Wildman–Crippen MR) is 186 cm³/mol. The molecule has 49 heavy (non-hydrogen) atoms. The number of aromatic nitrogens is 4. The van der Waals surface area contributed by atoms with Crippen molar-refractivity contribution < 1.29 is 24.5 Å². The lowest BCUT2D eigenvalue weighted by molar-refractivity contribution is 0.0685. The molecule has 6 aromatic rings. The number of likely N-dealkylation sites (tertiary alicyclic amines) is 1. The van der Waals surface area contributed by atoms with Gasteiger partial charge in [-0.2, -0.15) is 0 Å².